The zero-order chi connectivity index (χ0) is 16.9. The molecule has 1 aromatic carbocycles. The fraction of sp³-hybridized carbons (Fsp3) is 0.684. The largest absolute Gasteiger partial charge is 0.435 e. The molecule has 0 N–H and O–H groups in total. The second kappa shape index (κ2) is 8.26. The molecule has 2 aliphatic rings. The van der Waals surface area contributed by atoms with E-state index in [2.05, 4.69) is 11.7 Å². The van der Waals surface area contributed by atoms with E-state index in [-0.39, 0.29) is 5.75 Å². The molecule has 1 aliphatic carbocycles. The lowest BCUT2D eigenvalue weighted by Crippen LogP contribution is -2.34. The third-order valence-electron chi connectivity index (χ3n) is 5.44. The zero-order valence-corrected chi connectivity index (χ0v) is 14.1. The maximum absolute atomic E-state index is 12.2. The summed E-state index contributed by atoms with van der Waals surface area (Å²) in [5.74, 6) is 2.22. The number of ether oxygens (including phenoxy) is 3. The summed E-state index contributed by atoms with van der Waals surface area (Å²) >= 11 is 0. The molecule has 1 heterocycles. The summed E-state index contributed by atoms with van der Waals surface area (Å²) in [7, 11) is 0. The summed E-state index contributed by atoms with van der Waals surface area (Å²) in [5.41, 5.74) is 0.838. The van der Waals surface area contributed by atoms with Gasteiger partial charge in [0.05, 0.1) is 13.2 Å². The van der Waals surface area contributed by atoms with Crippen molar-refractivity contribution >= 4 is 0 Å². The van der Waals surface area contributed by atoms with Crippen molar-refractivity contribution in [3.05, 3.63) is 29.8 Å². The molecule has 3 nitrogen and oxygen atoms in total. The predicted octanol–water partition coefficient (Wildman–Crippen LogP) is 5.17. The fourth-order valence-electron chi connectivity index (χ4n) is 3.86. The molecule has 134 valence electrons. The minimum absolute atomic E-state index is 0.148. The van der Waals surface area contributed by atoms with Gasteiger partial charge in [-0.25, -0.2) is 0 Å². The van der Waals surface area contributed by atoms with Gasteiger partial charge in [0.25, 0.3) is 0 Å². The topological polar surface area (TPSA) is 27.7 Å². The van der Waals surface area contributed by atoms with Crippen molar-refractivity contribution in [3.63, 3.8) is 0 Å². The molecule has 0 unspecified atom stereocenters. The van der Waals surface area contributed by atoms with Crippen LogP contribution in [0.25, 0.3) is 0 Å². The Morgan fingerprint density at radius 1 is 1.00 bits per heavy atom. The van der Waals surface area contributed by atoms with Crippen LogP contribution in [-0.2, 0) is 9.47 Å². The molecule has 1 aromatic rings. The number of benzene rings is 1. The van der Waals surface area contributed by atoms with Crippen molar-refractivity contribution in [1.82, 2.24) is 0 Å². The highest BCUT2D eigenvalue weighted by molar-refractivity contribution is 5.28. The molecular formula is C19H26F2O3. The maximum Gasteiger partial charge on any atom is 0.387 e. The van der Waals surface area contributed by atoms with Crippen LogP contribution >= 0.6 is 0 Å². The normalized spacial score (nSPS) is 31.2. The van der Waals surface area contributed by atoms with Crippen LogP contribution in [0.15, 0.2) is 24.3 Å². The monoisotopic (exact) mass is 340 g/mol. The Morgan fingerprint density at radius 2 is 1.62 bits per heavy atom. The smallest absolute Gasteiger partial charge is 0.387 e. The Bertz CT molecular complexity index is 490. The molecule has 24 heavy (non-hydrogen) atoms. The van der Waals surface area contributed by atoms with Gasteiger partial charge in [0, 0.05) is 11.5 Å². The molecule has 3 rings (SSSR count). The van der Waals surface area contributed by atoms with E-state index >= 15 is 0 Å². The average Bonchev–Trinajstić information content (AvgIpc) is 2.62. The van der Waals surface area contributed by atoms with Crippen LogP contribution in [0.3, 0.4) is 0 Å². The summed E-state index contributed by atoms with van der Waals surface area (Å²) < 4.78 is 40.5. The summed E-state index contributed by atoms with van der Waals surface area (Å²) in [6.07, 6.45) is 6.09. The highest BCUT2D eigenvalue weighted by Gasteiger charge is 2.32. The van der Waals surface area contributed by atoms with Gasteiger partial charge in [-0.2, -0.15) is 8.78 Å². The third-order valence-corrected chi connectivity index (χ3v) is 5.44. The summed E-state index contributed by atoms with van der Waals surface area (Å²) in [4.78, 5) is 0. The number of hydrogen-bond donors (Lipinski definition) is 0. The van der Waals surface area contributed by atoms with Crippen LogP contribution in [0, 0.1) is 17.8 Å². The van der Waals surface area contributed by atoms with E-state index in [9.17, 15) is 8.78 Å². The minimum atomic E-state index is -2.80. The lowest BCUT2D eigenvalue weighted by atomic mass is 9.75. The van der Waals surface area contributed by atoms with E-state index in [1.165, 1.54) is 44.2 Å². The average molecular weight is 340 g/mol. The van der Waals surface area contributed by atoms with E-state index in [1.54, 1.807) is 12.1 Å². The molecule has 1 aliphatic heterocycles. The van der Waals surface area contributed by atoms with Gasteiger partial charge in [-0.3, -0.25) is 0 Å². The number of alkyl halides is 2. The zero-order valence-electron chi connectivity index (χ0n) is 14.1. The molecule has 0 spiro atoms. The first-order chi connectivity index (χ1) is 11.7. The van der Waals surface area contributed by atoms with E-state index in [0.717, 1.165) is 11.5 Å². The molecule has 1 saturated heterocycles. The van der Waals surface area contributed by atoms with Crippen molar-refractivity contribution in [1.29, 1.82) is 0 Å². The van der Waals surface area contributed by atoms with Crippen LogP contribution in [0.5, 0.6) is 5.75 Å². The quantitative estimate of drug-likeness (QED) is 0.740. The Hall–Kier alpha value is -1.20. The first-order valence-corrected chi connectivity index (χ1v) is 8.93. The highest BCUT2D eigenvalue weighted by atomic mass is 19.3. The molecule has 5 heteroatoms. The standard InChI is InChI=1S/C19H26F2O3/c1-2-13-3-5-14(6-4-13)16-11-22-18(23-12-16)15-7-9-17(10-8-15)24-19(20)21/h7-10,13-14,16,18-19H,2-6,11-12H2,1H3/t13-,14-,16?,18?. The van der Waals surface area contributed by atoms with Crippen LogP contribution in [0.1, 0.15) is 50.9 Å². The lowest BCUT2D eigenvalue weighted by Gasteiger charge is -2.37. The third kappa shape index (κ3) is 4.45. The molecule has 0 amide bonds. The second-order valence-electron chi connectivity index (χ2n) is 6.90. The number of rotatable bonds is 5. The first kappa shape index (κ1) is 17.6. The van der Waals surface area contributed by atoms with Crippen molar-refractivity contribution in [2.75, 3.05) is 13.2 Å². The Labute approximate surface area is 142 Å². The maximum atomic E-state index is 12.2. The van der Waals surface area contributed by atoms with Gasteiger partial charge >= 0.3 is 6.61 Å². The van der Waals surface area contributed by atoms with Gasteiger partial charge in [0.1, 0.15) is 5.75 Å². The van der Waals surface area contributed by atoms with Gasteiger partial charge < -0.3 is 14.2 Å². The van der Waals surface area contributed by atoms with Gasteiger partial charge in [0.2, 0.25) is 0 Å². The van der Waals surface area contributed by atoms with Crippen LogP contribution in [-0.4, -0.2) is 19.8 Å². The van der Waals surface area contributed by atoms with Gasteiger partial charge in [-0.1, -0.05) is 38.3 Å². The van der Waals surface area contributed by atoms with Crippen molar-refractivity contribution in [2.45, 2.75) is 51.9 Å². The number of halogens is 2. The minimum Gasteiger partial charge on any atom is -0.435 e. The Balaban J connectivity index is 1.48. The van der Waals surface area contributed by atoms with Crippen molar-refractivity contribution in [3.8, 4) is 5.75 Å². The molecular weight excluding hydrogens is 314 g/mol. The lowest BCUT2D eigenvalue weighted by molar-refractivity contribution is -0.214. The van der Waals surface area contributed by atoms with Gasteiger partial charge in [-0.15, -0.1) is 0 Å². The summed E-state index contributed by atoms with van der Waals surface area (Å²) in [5, 5.41) is 0. The van der Waals surface area contributed by atoms with Gasteiger partial charge in [0.15, 0.2) is 6.29 Å². The van der Waals surface area contributed by atoms with Gasteiger partial charge in [-0.05, 0) is 36.8 Å². The first-order valence-electron chi connectivity index (χ1n) is 8.93. The SMILES string of the molecule is CC[C@H]1CC[C@H](C2COC(c3ccc(OC(F)F)cc3)OC2)CC1. The van der Waals surface area contributed by atoms with E-state index < -0.39 is 12.9 Å². The predicted molar refractivity (Wildman–Crippen MR) is 86.9 cm³/mol. The summed E-state index contributed by atoms with van der Waals surface area (Å²) in [6.45, 7) is 0.893. The van der Waals surface area contributed by atoms with Crippen molar-refractivity contribution in [2.24, 2.45) is 17.8 Å². The Morgan fingerprint density at radius 3 is 2.17 bits per heavy atom. The van der Waals surface area contributed by atoms with Crippen LogP contribution in [0.2, 0.25) is 0 Å². The van der Waals surface area contributed by atoms with Crippen LogP contribution < -0.4 is 4.74 Å². The highest BCUT2D eigenvalue weighted by Crippen LogP contribution is 2.38. The molecule has 0 radical (unpaired) electrons. The molecule has 0 aromatic heterocycles. The van der Waals surface area contributed by atoms with Crippen molar-refractivity contribution < 1.29 is 23.0 Å². The second-order valence-corrected chi connectivity index (χ2v) is 6.90. The molecule has 2 fully saturated rings. The van der Waals surface area contributed by atoms with Crippen LogP contribution in [0.4, 0.5) is 8.78 Å². The molecule has 0 bridgehead atoms. The summed E-state index contributed by atoms with van der Waals surface area (Å²) in [6, 6.07) is 6.48. The number of hydrogen-bond acceptors (Lipinski definition) is 3. The molecule has 1 saturated carbocycles. The fourth-order valence-corrected chi connectivity index (χ4v) is 3.86. The molecule has 0 atom stereocenters. The van der Waals surface area contributed by atoms with E-state index in [1.807, 2.05) is 0 Å². The Kier molecular flexibility index (Phi) is 6.06. The van der Waals surface area contributed by atoms with E-state index in [4.69, 9.17) is 9.47 Å². The van der Waals surface area contributed by atoms with E-state index in [0.29, 0.717) is 25.0 Å².